The number of fused-ring (bicyclic) bond motifs is 5. The Morgan fingerprint density at radius 2 is 1.11 bits per heavy atom. The van der Waals surface area contributed by atoms with E-state index >= 15 is 0 Å². The maximum atomic E-state index is 4.73. The van der Waals surface area contributed by atoms with Gasteiger partial charge in [-0.15, -0.1) is 0 Å². The van der Waals surface area contributed by atoms with Crippen LogP contribution < -0.4 is 0 Å². The molecule has 6 unspecified atom stereocenters. The normalized spacial score (nSPS) is 40.4. The molecule has 4 saturated carbocycles. The van der Waals surface area contributed by atoms with Gasteiger partial charge in [0.05, 0.1) is 0 Å². The molecule has 0 bridgehead atoms. The van der Waals surface area contributed by atoms with Gasteiger partial charge in [-0.25, -0.2) is 0 Å². The first-order valence-corrected chi connectivity index (χ1v) is 13.8. The predicted molar refractivity (Wildman–Crippen MR) is 122 cm³/mol. The second-order valence-electron chi connectivity index (χ2n) is 10.2. The molecule has 0 saturated heterocycles. The molecule has 2 heteroatoms. The molecule has 27 heavy (non-hydrogen) atoms. The molecule has 0 heterocycles. The van der Waals surface area contributed by atoms with Crippen molar-refractivity contribution in [2.45, 2.75) is 82.8 Å². The zero-order valence-corrected chi connectivity index (χ0v) is 21.6. The van der Waals surface area contributed by atoms with Crippen molar-refractivity contribution in [3.63, 3.8) is 0 Å². The molecule has 0 aromatic carbocycles. The first kappa shape index (κ1) is 27.7. The fourth-order valence-electron chi connectivity index (χ4n) is 7.27. The van der Waals surface area contributed by atoms with E-state index in [2.05, 4.69) is 19.6 Å². The molecule has 4 aliphatic carbocycles. The van der Waals surface area contributed by atoms with E-state index in [1.165, 1.54) is 64.2 Å². The Hall–Kier alpha value is 0.671. The summed E-state index contributed by atoms with van der Waals surface area (Å²) in [5, 5.41) is 0. The molecular weight excluding hydrogens is 376 g/mol. The van der Waals surface area contributed by atoms with Gasteiger partial charge in [-0.2, -0.15) is 0 Å². The van der Waals surface area contributed by atoms with E-state index in [1.54, 1.807) is 5.57 Å². The second-order valence-corrected chi connectivity index (χ2v) is 15.0. The average Bonchev–Trinajstić information content (AvgIpc) is 2.96. The molecule has 0 aliphatic heterocycles. The molecule has 4 aliphatic rings. The molecule has 0 nitrogen and oxygen atoms in total. The summed E-state index contributed by atoms with van der Waals surface area (Å²) in [6, 6.07) is 0. The van der Waals surface area contributed by atoms with Crippen LogP contribution in [0, 0.1) is 64.3 Å². The van der Waals surface area contributed by atoms with E-state index in [-0.39, 0.29) is 44.0 Å². The van der Waals surface area contributed by atoms with Crippen molar-refractivity contribution in [1.29, 1.82) is 0 Å². The van der Waals surface area contributed by atoms with Crippen LogP contribution in [0.1, 0.15) is 64.2 Å². The van der Waals surface area contributed by atoms with E-state index in [0.29, 0.717) is 0 Å². The van der Waals surface area contributed by atoms with Gasteiger partial charge < -0.3 is 28.8 Å². The summed E-state index contributed by atoms with van der Waals surface area (Å²) in [7, 11) is -1.23. The van der Waals surface area contributed by atoms with Gasteiger partial charge in [-0.3, -0.25) is 0 Å². The molecule has 154 valence electrons. The monoisotopic (exact) mass is 422 g/mol. The van der Waals surface area contributed by atoms with Crippen LogP contribution >= 0.6 is 0 Å². The summed E-state index contributed by atoms with van der Waals surface area (Å²) in [6.45, 7) is 14.5. The first-order valence-electron chi connectivity index (χ1n) is 10.5. The minimum atomic E-state index is -1.23. The molecule has 0 aromatic rings. The zero-order chi connectivity index (χ0) is 16.2. The Morgan fingerprint density at radius 3 is 1.48 bits per heavy atom. The third-order valence-corrected chi connectivity index (χ3v) is 11.1. The van der Waals surface area contributed by atoms with E-state index < -0.39 is 8.07 Å². The Kier molecular flexibility index (Phi) is 10.9. The SMILES string of the molecule is C=C1C2CCCCC2C2CC([Si]([CH2-])(C)C)CC2C2CCCCC12.[CH3-].[CH3-].[CH3-].[Ti+4]. The van der Waals surface area contributed by atoms with Crippen LogP contribution in [0.15, 0.2) is 12.2 Å². The van der Waals surface area contributed by atoms with E-state index in [1.807, 2.05) is 0 Å². The third kappa shape index (κ3) is 5.05. The smallest absolute Gasteiger partial charge is 0.358 e. The minimum Gasteiger partial charge on any atom is -0.358 e. The van der Waals surface area contributed by atoms with E-state index in [0.717, 1.165) is 41.0 Å². The maximum Gasteiger partial charge on any atom is 4.00 e. The van der Waals surface area contributed by atoms with Gasteiger partial charge >= 0.3 is 21.7 Å². The molecule has 0 amide bonds. The summed E-state index contributed by atoms with van der Waals surface area (Å²) >= 11 is 0. The topological polar surface area (TPSA) is 0 Å². The van der Waals surface area contributed by atoms with Crippen LogP contribution in [0.2, 0.25) is 18.6 Å². The molecule has 6 atom stereocenters. The van der Waals surface area contributed by atoms with Crippen LogP contribution in [0.25, 0.3) is 0 Å². The Balaban J connectivity index is 0.00000169. The third-order valence-electron chi connectivity index (χ3n) is 8.46. The van der Waals surface area contributed by atoms with Gasteiger partial charge in [0.2, 0.25) is 0 Å². The standard InChI is InChI=1S/C22H37Si.3CH3.Ti/c1-15-17-9-5-7-11-19(17)21-13-16(23(2,3)4)14-22(21)20-12-8-6-10-18(15)20;;;;/h16-22H,1-2,5-14H2,3-4H3;3*1H3;/q4*-1;+4. The largest absolute Gasteiger partial charge is 4.00 e. The average molecular weight is 423 g/mol. The molecule has 0 radical (unpaired) electrons. The fourth-order valence-corrected chi connectivity index (χ4v) is 9.09. The first-order chi connectivity index (χ1) is 11.0. The van der Waals surface area contributed by atoms with Crippen LogP contribution in [0.5, 0.6) is 0 Å². The minimum absolute atomic E-state index is 0. The molecule has 4 fully saturated rings. The fraction of sp³-hybridized carbons (Fsp3) is 0.760. The Labute approximate surface area is 188 Å². The van der Waals surface area contributed by atoms with Crippen LogP contribution in [-0.4, -0.2) is 8.07 Å². The molecular formula is C25H46SiTi. The summed E-state index contributed by atoms with van der Waals surface area (Å²) in [4.78, 5) is 0. The molecule has 4 rings (SSSR count). The summed E-state index contributed by atoms with van der Waals surface area (Å²) < 4.78 is 0. The number of rotatable bonds is 1. The van der Waals surface area contributed by atoms with Gasteiger partial charge in [-0.05, 0) is 61.2 Å². The Morgan fingerprint density at radius 1 is 0.741 bits per heavy atom. The summed E-state index contributed by atoms with van der Waals surface area (Å²) in [5.41, 5.74) is 2.71. The van der Waals surface area contributed by atoms with Crippen molar-refractivity contribution in [3.05, 3.63) is 41.0 Å². The van der Waals surface area contributed by atoms with Gasteiger partial charge in [0, 0.05) is 0 Å². The number of allylic oxidation sites excluding steroid dienone is 1. The van der Waals surface area contributed by atoms with Crippen molar-refractivity contribution in [3.8, 4) is 0 Å². The summed E-state index contributed by atoms with van der Waals surface area (Å²) in [5.74, 6) is 5.82. The quantitative estimate of drug-likeness (QED) is 0.228. The maximum absolute atomic E-state index is 4.73. The van der Waals surface area contributed by atoms with E-state index in [4.69, 9.17) is 6.58 Å². The van der Waals surface area contributed by atoms with Crippen molar-refractivity contribution in [2.24, 2.45) is 35.5 Å². The summed E-state index contributed by atoms with van der Waals surface area (Å²) in [6.07, 6.45) is 14.9. The van der Waals surface area contributed by atoms with Crippen molar-refractivity contribution < 1.29 is 21.7 Å². The van der Waals surface area contributed by atoms with Gasteiger partial charge in [-0.1, -0.05) is 77.4 Å². The van der Waals surface area contributed by atoms with Gasteiger partial charge in [0.1, 0.15) is 0 Å². The van der Waals surface area contributed by atoms with Crippen molar-refractivity contribution >= 4 is 8.07 Å². The van der Waals surface area contributed by atoms with Gasteiger partial charge in [0.15, 0.2) is 0 Å². The van der Waals surface area contributed by atoms with Crippen LogP contribution in [0.4, 0.5) is 0 Å². The Bertz CT molecular complexity index is 431. The van der Waals surface area contributed by atoms with Crippen molar-refractivity contribution in [2.75, 3.05) is 0 Å². The molecule has 0 N–H and O–H groups in total. The van der Waals surface area contributed by atoms with Crippen LogP contribution in [0.3, 0.4) is 0 Å². The van der Waals surface area contributed by atoms with E-state index in [9.17, 15) is 0 Å². The zero-order valence-electron chi connectivity index (χ0n) is 19.0. The molecule has 0 aromatic heterocycles. The van der Waals surface area contributed by atoms with Crippen LogP contribution in [-0.2, 0) is 21.7 Å². The molecule has 0 spiro atoms. The second kappa shape index (κ2) is 10.6. The number of hydrogen-bond acceptors (Lipinski definition) is 0. The predicted octanol–water partition coefficient (Wildman–Crippen LogP) is 8.00. The van der Waals surface area contributed by atoms with Crippen molar-refractivity contribution in [1.82, 2.24) is 0 Å². The van der Waals surface area contributed by atoms with Gasteiger partial charge in [0.25, 0.3) is 0 Å². The number of hydrogen-bond donors (Lipinski definition) is 0.